The average molecular weight is 195 g/mol. The third-order valence-corrected chi connectivity index (χ3v) is 2.68. The molecule has 1 aliphatic rings. The van der Waals surface area contributed by atoms with E-state index in [-0.39, 0.29) is 0 Å². The van der Waals surface area contributed by atoms with Gasteiger partial charge in [0.05, 0.1) is 18.3 Å². The zero-order valence-electron chi connectivity index (χ0n) is 8.57. The van der Waals surface area contributed by atoms with Crippen LogP contribution in [0.3, 0.4) is 0 Å². The van der Waals surface area contributed by atoms with Gasteiger partial charge in [-0.3, -0.25) is 4.68 Å². The minimum absolute atomic E-state index is 0.347. The highest BCUT2D eigenvalue weighted by atomic mass is 16.5. The molecule has 2 rings (SSSR count). The Balaban J connectivity index is 2.01. The van der Waals surface area contributed by atoms with Crippen molar-refractivity contribution < 1.29 is 4.74 Å². The molecule has 2 heterocycles. The van der Waals surface area contributed by atoms with Crippen molar-refractivity contribution in [3.05, 3.63) is 17.5 Å². The van der Waals surface area contributed by atoms with Gasteiger partial charge in [0.2, 0.25) is 0 Å². The van der Waals surface area contributed by atoms with Crippen molar-refractivity contribution in [2.24, 2.45) is 5.73 Å². The number of ether oxygens (including phenoxy) is 1. The molecule has 0 aliphatic carbocycles. The Hall–Kier alpha value is -0.870. The summed E-state index contributed by atoms with van der Waals surface area (Å²) < 4.78 is 7.50. The van der Waals surface area contributed by atoms with Crippen LogP contribution in [0.25, 0.3) is 0 Å². The molecule has 2 N–H and O–H groups in total. The van der Waals surface area contributed by atoms with E-state index in [0.717, 1.165) is 30.8 Å². The third kappa shape index (κ3) is 1.96. The van der Waals surface area contributed by atoms with Crippen LogP contribution in [0.5, 0.6) is 0 Å². The van der Waals surface area contributed by atoms with Crippen LogP contribution in [0, 0.1) is 6.92 Å². The minimum atomic E-state index is 0.347. The van der Waals surface area contributed by atoms with Crippen molar-refractivity contribution in [2.75, 3.05) is 6.61 Å². The van der Waals surface area contributed by atoms with Crippen LogP contribution < -0.4 is 5.73 Å². The molecule has 1 aliphatic heterocycles. The average Bonchev–Trinajstić information content (AvgIpc) is 2.76. The Morgan fingerprint density at radius 2 is 2.57 bits per heavy atom. The van der Waals surface area contributed by atoms with E-state index in [1.807, 2.05) is 17.8 Å². The minimum Gasteiger partial charge on any atom is -0.376 e. The molecule has 1 atom stereocenters. The maximum atomic E-state index is 5.59. The Morgan fingerprint density at radius 3 is 3.14 bits per heavy atom. The monoisotopic (exact) mass is 195 g/mol. The van der Waals surface area contributed by atoms with Gasteiger partial charge in [-0.1, -0.05) is 0 Å². The van der Waals surface area contributed by atoms with Gasteiger partial charge in [-0.05, 0) is 19.8 Å². The number of rotatable bonds is 3. The number of hydrogen-bond acceptors (Lipinski definition) is 3. The number of hydrogen-bond donors (Lipinski definition) is 1. The summed E-state index contributed by atoms with van der Waals surface area (Å²) in [5, 5.41) is 4.40. The van der Waals surface area contributed by atoms with E-state index in [0.29, 0.717) is 12.6 Å². The van der Waals surface area contributed by atoms with Gasteiger partial charge in [-0.2, -0.15) is 5.10 Å². The van der Waals surface area contributed by atoms with Gasteiger partial charge < -0.3 is 10.5 Å². The standard InChI is InChI=1S/C10H17N3O/c1-8-9(5-11)6-13(12-8)7-10-3-2-4-14-10/h6,10H,2-5,7,11H2,1H3. The topological polar surface area (TPSA) is 53.1 Å². The van der Waals surface area contributed by atoms with Crippen molar-refractivity contribution in [1.29, 1.82) is 0 Å². The highest BCUT2D eigenvalue weighted by Gasteiger charge is 2.16. The Kier molecular flexibility index (Phi) is 2.84. The van der Waals surface area contributed by atoms with Gasteiger partial charge in [-0.25, -0.2) is 0 Å². The summed E-state index contributed by atoms with van der Waals surface area (Å²) in [4.78, 5) is 0. The second-order valence-electron chi connectivity index (χ2n) is 3.80. The maximum Gasteiger partial charge on any atom is 0.0771 e. The fraction of sp³-hybridized carbons (Fsp3) is 0.700. The summed E-state index contributed by atoms with van der Waals surface area (Å²) >= 11 is 0. The van der Waals surface area contributed by atoms with Crippen LogP contribution in [0.2, 0.25) is 0 Å². The molecule has 0 aromatic carbocycles. The first-order valence-electron chi connectivity index (χ1n) is 5.14. The lowest BCUT2D eigenvalue weighted by Gasteiger charge is -2.08. The smallest absolute Gasteiger partial charge is 0.0771 e. The van der Waals surface area contributed by atoms with E-state index in [4.69, 9.17) is 10.5 Å². The molecular weight excluding hydrogens is 178 g/mol. The number of aryl methyl sites for hydroxylation is 1. The summed E-state index contributed by atoms with van der Waals surface area (Å²) in [5.41, 5.74) is 7.75. The molecule has 0 radical (unpaired) electrons. The second kappa shape index (κ2) is 4.11. The maximum absolute atomic E-state index is 5.59. The molecule has 1 saturated heterocycles. The Morgan fingerprint density at radius 1 is 1.71 bits per heavy atom. The fourth-order valence-corrected chi connectivity index (χ4v) is 1.85. The quantitative estimate of drug-likeness (QED) is 0.777. The lowest BCUT2D eigenvalue weighted by molar-refractivity contribution is 0.0939. The van der Waals surface area contributed by atoms with Crippen molar-refractivity contribution in [2.45, 2.75) is 39.0 Å². The summed E-state index contributed by atoms with van der Waals surface area (Å²) in [6.07, 6.45) is 4.70. The molecule has 14 heavy (non-hydrogen) atoms. The summed E-state index contributed by atoms with van der Waals surface area (Å²) in [6, 6.07) is 0. The van der Waals surface area contributed by atoms with Crippen molar-refractivity contribution >= 4 is 0 Å². The van der Waals surface area contributed by atoms with Crippen LogP contribution in [-0.4, -0.2) is 22.5 Å². The lowest BCUT2D eigenvalue weighted by atomic mass is 10.2. The Labute approximate surface area is 84.0 Å². The third-order valence-electron chi connectivity index (χ3n) is 2.68. The fourth-order valence-electron chi connectivity index (χ4n) is 1.85. The number of aromatic nitrogens is 2. The molecule has 1 aromatic heterocycles. The molecule has 1 aromatic rings. The van der Waals surface area contributed by atoms with Crippen molar-refractivity contribution in [1.82, 2.24) is 9.78 Å². The van der Waals surface area contributed by atoms with E-state index in [2.05, 4.69) is 5.10 Å². The summed E-state index contributed by atoms with van der Waals surface area (Å²) in [6.45, 7) is 4.32. The first-order valence-corrected chi connectivity index (χ1v) is 5.14. The van der Waals surface area contributed by atoms with E-state index in [9.17, 15) is 0 Å². The molecule has 4 heteroatoms. The second-order valence-corrected chi connectivity index (χ2v) is 3.80. The van der Waals surface area contributed by atoms with E-state index in [1.54, 1.807) is 0 Å². The van der Waals surface area contributed by atoms with Crippen LogP contribution in [0.4, 0.5) is 0 Å². The largest absolute Gasteiger partial charge is 0.376 e. The molecule has 4 nitrogen and oxygen atoms in total. The molecule has 78 valence electrons. The first-order chi connectivity index (χ1) is 6.79. The highest BCUT2D eigenvalue weighted by Crippen LogP contribution is 2.14. The van der Waals surface area contributed by atoms with Gasteiger partial charge in [0.15, 0.2) is 0 Å². The van der Waals surface area contributed by atoms with Crippen LogP contribution in [0.15, 0.2) is 6.20 Å². The molecule has 0 amide bonds. The molecule has 1 fully saturated rings. The summed E-state index contributed by atoms with van der Waals surface area (Å²) in [7, 11) is 0. The molecule has 1 unspecified atom stereocenters. The van der Waals surface area contributed by atoms with Crippen LogP contribution in [-0.2, 0) is 17.8 Å². The van der Waals surface area contributed by atoms with E-state index >= 15 is 0 Å². The number of nitrogens with zero attached hydrogens (tertiary/aromatic N) is 2. The molecular formula is C10H17N3O. The van der Waals surface area contributed by atoms with Gasteiger partial charge in [0.1, 0.15) is 0 Å². The van der Waals surface area contributed by atoms with Crippen molar-refractivity contribution in [3.8, 4) is 0 Å². The lowest BCUT2D eigenvalue weighted by Crippen LogP contribution is -2.15. The van der Waals surface area contributed by atoms with Gasteiger partial charge in [0.25, 0.3) is 0 Å². The Bertz CT molecular complexity index is 302. The normalized spacial score (nSPS) is 21.7. The van der Waals surface area contributed by atoms with Gasteiger partial charge >= 0.3 is 0 Å². The molecule has 0 bridgehead atoms. The van der Waals surface area contributed by atoms with Gasteiger partial charge in [0, 0.05) is 24.9 Å². The predicted octanol–water partition coefficient (Wildman–Crippen LogP) is 0.829. The molecule has 0 saturated carbocycles. The van der Waals surface area contributed by atoms with Gasteiger partial charge in [-0.15, -0.1) is 0 Å². The van der Waals surface area contributed by atoms with Crippen LogP contribution >= 0.6 is 0 Å². The van der Waals surface area contributed by atoms with E-state index in [1.165, 1.54) is 6.42 Å². The predicted molar refractivity (Wildman–Crippen MR) is 53.8 cm³/mol. The number of nitrogens with two attached hydrogens (primary N) is 1. The SMILES string of the molecule is Cc1nn(CC2CCCO2)cc1CN. The van der Waals surface area contributed by atoms with Crippen molar-refractivity contribution in [3.63, 3.8) is 0 Å². The summed E-state index contributed by atoms with van der Waals surface area (Å²) in [5.74, 6) is 0. The zero-order chi connectivity index (χ0) is 9.97. The highest BCUT2D eigenvalue weighted by molar-refractivity contribution is 5.14. The first kappa shape index (κ1) is 9.68. The van der Waals surface area contributed by atoms with E-state index < -0.39 is 0 Å². The molecule has 0 spiro atoms. The zero-order valence-corrected chi connectivity index (χ0v) is 8.57. The van der Waals surface area contributed by atoms with Crippen LogP contribution in [0.1, 0.15) is 24.1 Å².